The first-order valence-electron chi connectivity index (χ1n) is 6.35. The number of nitriles is 1. The summed E-state index contributed by atoms with van der Waals surface area (Å²) in [5.41, 5.74) is 7.39. The average Bonchev–Trinajstić information content (AvgIpc) is 2.52. The van der Waals surface area contributed by atoms with Crippen LogP contribution in [0.3, 0.4) is 0 Å². The fraction of sp³-hybridized carbons (Fsp3) is 0.188. The molecule has 0 aliphatic rings. The molecule has 0 bridgehead atoms. The second-order valence-electron chi connectivity index (χ2n) is 4.43. The van der Waals surface area contributed by atoms with E-state index in [1.165, 1.54) is 19.2 Å². The molecular weight excluding hydrogens is 271 g/mol. The van der Waals surface area contributed by atoms with Crippen molar-refractivity contribution in [3.8, 4) is 17.6 Å². The standard InChI is InChI=1S/C16H15FN2O2/c1-20-16-3-2-11(4-13(16)9-19)10-21-15-6-12(8-18)5-14(17)7-15/h2-7H,8,10,18H2,1H3. The Kier molecular flexibility index (Phi) is 4.75. The quantitative estimate of drug-likeness (QED) is 0.917. The Morgan fingerprint density at radius 1 is 1.19 bits per heavy atom. The monoisotopic (exact) mass is 286 g/mol. The Morgan fingerprint density at radius 2 is 2.00 bits per heavy atom. The van der Waals surface area contributed by atoms with E-state index in [0.717, 1.165) is 5.56 Å². The number of hydrogen-bond donors (Lipinski definition) is 1. The minimum absolute atomic E-state index is 0.228. The van der Waals surface area contributed by atoms with Gasteiger partial charge in [0.15, 0.2) is 0 Å². The van der Waals surface area contributed by atoms with E-state index in [4.69, 9.17) is 20.5 Å². The van der Waals surface area contributed by atoms with Gasteiger partial charge < -0.3 is 15.2 Å². The van der Waals surface area contributed by atoms with Crippen LogP contribution in [0.4, 0.5) is 4.39 Å². The second kappa shape index (κ2) is 6.73. The molecule has 108 valence electrons. The molecule has 0 unspecified atom stereocenters. The molecule has 0 heterocycles. The van der Waals surface area contributed by atoms with Gasteiger partial charge in [-0.05, 0) is 35.4 Å². The maximum Gasteiger partial charge on any atom is 0.136 e. The van der Waals surface area contributed by atoms with Gasteiger partial charge in [-0.1, -0.05) is 6.07 Å². The summed E-state index contributed by atoms with van der Waals surface area (Å²) in [6.45, 7) is 0.474. The highest BCUT2D eigenvalue weighted by atomic mass is 19.1. The van der Waals surface area contributed by atoms with Crippen LogP contribution in [0, 0.1) is 17.1 Å². The summed E-state index contributed by atoms with van der Waals surface area (Å²) in [5, 5.41) is 9.03. The molecule has 21 heavy (non-hydrogen) atoms. The number of hydrogen-bond acceptors (Lipinski definition) is 4. The Balaban J connectivity index is 2.13. The van der Waals surface area contributed by atoms with E-state index in [1.807, 2.05) is 0 Å². The first kappa shape index (κ1) is 14.8. The van der Waals surface area contributed by atoms with Gasteiger partial charge in [0.1, 0.15) is 30.0 Å². The van der Waals surface area contributed by atoms with E-state index in [1.54, 1.807) is 24.3 Å². The van der Waals surface area contributed by atoms with Gasteiger partial charge in [-0.15, -0.1) is 0 Å². The first-order chi connectivity index (χ1) is 10.2. The summed E-state index contributed by atoms with van der Waals surface area (Å²) in [7, 11) is 1.51. The molecule has 2 aromatic carbocycles. The van der Waals surface area contributed by atoms with E-state index in [-0.39, 0.29) is 19.0 Å². The third-order valence-electron chi connectivity index (χ3n) is 2.96. The Morgan fingerprint density at radius 3 is 2.67 bits per heavy atom. The van der Waals surface area contributed by atoms with Crippen molar-refractivity contribution in [3.63, 3.8) is 0 Å². The van der Waals surface area contributed by atoms with Crippen molar-refractivity contribution < 1.29 is 13.9 Å². The molecule has 0 saturated carbocycles. The van der Waals surface area contributed by atoms with Crippen LogP contribution < -0.4 is 15.2 Å². The number of rotatable bonds is 5. The predicted molar refractivity (Wildman–Crippen MR) is 76.3 cm³/mol. The molecule has 4 nitrogen and oxygen atoms in total. The predicted octanol–water partition coefficient (Wildman–Crippen LogP) is 2.74. The third-order valence-corrected chi connectivity index (χ3v) is 2.96. The summed E-state index contributed by atoms with van der Waals surface area (Å²) in [4.78, 5) is 0. The summed E-state index contributed by atoms with van der Waals surface area (Å²) in [6, 6.07) is 11.6. The zero-order valence-corrected chi connectivity index (χ0v) is 11.6. The van der Waals surface area contributed by atoms with Gasteiger partial charge >= 0.3 is 0 Å². The van der Waals surface area contributed by atoms with Gasteiger partial charge in [0.2, 0.25) is 0 Å². The lowest BCUT2D eigenvalue weighted by molar-refractivity contribution is 0.304. The SMILES string of the molecule is COc1ccc(COc2cc(F)cc(CN)c2)cc1C#N. The van der Waals surface area contributed by atoms with Crippen molar-refractivity contribution in [3.05, 3.63) is 58.9 Å². The highest BCUT2D eigenvalue weighted by Gasteiger charge is 2.05. The highest BCUT2D eigenvalue weighted by molar-refractivity contribution is 5.45. The molecular formula is C16H15FN2O2. The molecule has 0 aromatic heterocycles. The molecule has 0 radical (unpaired) electrons. The molecule has 0 atom stereocenters. The number of nitrogens with zero attached hydrogens (tertiary/aromatic N) is 1. The average molecular weight is 286 g/mol. The van der Waals surface area contributed by atoms with Crippen molar-refractivity contribution in [2.75, 3.05) is 7.11 Å². The van der Waals surface area contributed by atoms with E-state index in [9.17, 15) is 4.39 Å². The lowest BCUT2D eigenvalue weighted by Gasteiger charge is -2.09. The summed E-state index contributed by atoms with van der Waals surface area (Å²) in [6.07, 6.45) is 0. The fourth-order valence-corrected chi connectivity index (χ4v) is 1.92. The summed E-state index contributed by atoms with van der Waals surface area (Å²) < 4.78 is 24.0. The third kappa shape index (κ3) is 3.71. The molecule has 2 rings (SSSR count). The van der Waals surface area contributed by atoms with E-state index in [0.29, 0.717) is 22.6 Å². The van der Waals surface area contributed by atoms with Crippen LogP contribution in [0.5, 0.6) is 11.5 Å². The molecule has 0 fully saturated rings. The van der Waals surface area contributed by atoms with Gasteiger partial charge in [-0.2, -0.15) is 5.26 Å². The van der Waals surface area contributed by atoms with Gasteiger partial charge in [0, 0.05) is 12.6 Å². The zero-order chi connectivity index (χ0) is 15.2. The lowest BCUT2D eigenvalue weighted by atomic mass is 10.1. The van der Waals surface area contributed by atoms with E-state index in [2.05, 4.69) is 6.07 Å². The number of ether oxygens (including phenoxy) is 2. The molecule has 0 aliphatic carbocycles. The molecule has 2 aromatic rings. The number of halogens is 1. The summed E-state index contributed by atoms with van der Waals surface area (Å²) >= 11 is 0. The minimum atomic E-state index is -0.389. The van der Waals surface area contributed by atoms with Crippen molar-refractivity contribution in [2.45, 2.75) is 13.2 Å². The topological polar surface area (TPSA) is 68.3 Å². The largest absolute Gasteiger partial charge is 0.495 e. The van der Waals surface area contributed by atoms with Crippen LogP contribution in [-0.4, -0.2) is 7.11 Å². The highest BCUT2D eigenvalue weighted by Crippen LogP contribution is 2.21. The minimum Gasteiger partial charge on any atom is -0.495 e. The normalized spacial score (nSPS) is 10.0. The van der Waals surface area contributed by atoms with Gasteiger partial charge in [0.05, 0.1) is 12.7 Å². The number of nitrogens with two attached hydrogens (primary N) is 1. The summed E-state index contributed by atoms with van der Waals surface area (Å²) in [5.74, 6) is 0.530. The van der Waals surface area contributed by atoms with Gasteiger partial charge in [-0.3, -0.25) is 0 Å². The lowest BCUT2D eigenvalue weighted by Crippen LogP contribution is -2.01. The van der Waals surface area contributed by atoms with E-state index >= 15 is 0 Å². The maximum atomic E-state index is 13.4. The molecule has 5 heteroatoms. The Hall–Kier alpha value is -2.58. The van der Waals surface area contributed by atoms with Crippen molar-refractivity contribution in [2.24, 2.45) is 5.73 Å². The van der Waals surface area contributed by atoms with Crippen molar-refractivity contribution >= 4 is 0 Å². The molecule has 0 saturated heterocycles. The maximum absolute atomic E-state index is 13.4. The molecule has 2 N–H and O–H groups in total. The number of benzene rings is 2. The van der Waals surface area contributed by atoms with Crippen LogP contribution in [0.2, 0.25) is 0 Å². The van der Waals surface area contributed by atoms with Crippen LogP contribution in [0.15, 0.2) is 36.4 Å². The van der Waals surface area contributed by atoms with Crippen LogP contribution in [0.25, 0.3) is 0 Å². The molecule has 0 amide bonds. The van der Waals surface area contributed by atoms with Gasteiger partial charge in [-0.25, -0.2) is 4.39 Å². The second-order valence-corrected chi connectivity index (χ2v) is 4.43. The van der Waals surface area contributed by atoms with Crippen LogP contribution in [-0.2, 0) is 13.2 Å². The number of methoxy groups -OCH3 is 1. The Labute approximate surface area is 122 Å². The van der Waals surface area contributed by atoms with E-state index < -0.39 is 0 Å². The first-order valence-corrected chi connectivity index (χ1v) is 6.35. The molecule has 0 spiro atoms. The van der Waals surface area contributed by atoms with Gasteiger partial charge in [0.25, 0.3) is 0 Å². The van der Waals surface area contributed by atoms with Crippen molar-refractivity contribution in [1.82, 2.24) is 0 Å². The Bertz CT molecular complexity index is 680. The van der Waals surface area contributed by atoms with Crippen LogP contribution >= 0.6 is 0 Å². The zero-order valence-electron chi connectivity index (χ0n) is 11.6. The molecule has 0 aliphatic heterocycles. The van der Waals surface area contributed by atoms with Crippen LogP contribution in [0.1, 0.15) is 16.7 Å². The smallest absolute Gasteiger partial charge is 0.136 e. The fourth-order valence-electron chi connectivity index (χ4n) is 1.92. The van der Waals surface area contributed by atoms with Crippen molar-refractivity contribution in [1.29, 1.82) is 5.26 Å².